The highest BCUT2D eigenvalue weighted by Crippen LogP contribution is 2.29. The number of hydrogen-bond acceptors (Lipinski definition) is 2. The number of anilines is 1. The Hall–Kier alpha value is -0.420. The van der Waals surface area contributed by atoms with Gasteiger partial charge in [0.1, 0.15) is 5.69 Å². The van der Waals surface area contributed by atoms with Crippen LogP contribution in [0.2, 0.25) is 5.02 Å². The second-order valence-electron chi connectivity index (χ2n) is 2.33. The van der Waals surface area contributed by atoms with Gasteiger partial charge in [-0.1, -0.05) is 27.5 Å². The first-order chi connectivity index (χ1) is 6.06. The lowest BCUT2D eigenvalue weighted by molar-refractivity contribution is 0.147. The van der Waals surface area contributed by atoms with Crippen LogP contribution in [0.25, 0.3) is 0 Å². The molecule has 1 aromatic rings. The van der Waals surface area contributed by atoms with Crippen molar-refractivity contribution in [3.8, 4) is 0 Å². The minimum Gasteiger partial charge on any atom is -0.396 e. The number of alkyl halides is 3. The van der Waals surface area contributed by atoms with E-state index >= 15 is 0 Å². The molecular weight excluding hydrogens is 265 g/mol. The van der Waals surface area contributed by atoms with Crippen LogP contribution in [0.15, 0.2) is 6.07 Å². The van der Waals surface area contributed by atoms with Crippen LogP contribution in [-0.2, 0) is 5.33 Å². The van der Waals surface area contributed by atoms with E-state index in [4.69, 9.17) is 17.3 Å². The number of halogens is 4. The summed E-state index contributed by atoms with van der Waals surface area (Å²) in [5.41, 5.74) is 5.15. The molecule has 0 spiro atoms. The van der Waals surface area contributed by atoms with Crippen molar-refractivity contribution >= 4 is 33.2 Å². The first-order valence-electron chi connectivity index (χ1n) is 3.35. The summed E-state index contributed by atoms with van der Waals surface area (Å²) in [5.74, 6) is 0. The van der Waals surface area contributed by atoms with Crippen LogP contribution in [0.4, 0.5) is 14.5 Å². The van der Waals surface area contributed by atoms with E-state index in [-0.39, 0.29) is 10.7 Å². The molecule has 0 unspecified atom stereocenters. The van der Waals surface area contributed by atoms with E-state index < -0.39 is 12.1 Å². The van der Waals surface area contributed by atoms with Gasteiger partial charge < -0.3 is 5.73 Å². The van der Waals surface area contributed by atoms with E-state index in [0.29, 0.717) is 11.0 Å². The molecule has 0 aliphatic heterocycles. The zero-order valence-electron chi connectivity index (χ0n) is 6.40. The van der Waals surface area contributed by atoms with Crippen molar-refractivity contribution in [3.05, 3.63) is 22.5 Å². The molecule has 72 valence electrons. The first kappa shape index (κ1) is 10.7. The molecule has 0 atom stereocenters. The Morgan fingerprint density at radius 2 is 2.23 bits per heavy atom. The number of pyridine rings is 1. The highest BCUT2D eigenvalue weighted by molar-refractivity contribution is 9.08. The van der Waals surface area contributed by atoms with E-state index in [0.717, 1.165) is 0 Å². The van der Waals surface area contributed by atoms with Gasteiger partial charge in [0.2, 0.25) is 0 Å². The number of hydrogen-bond donors (Lipinski definition) is 1. The number of nitrogens with two attached hydrogens (primary N) is 1. The van der Waals surface area contributed by atoms with Crippen LogP contribution in [-0.4, -0.2) is 4.98 Å². The van der Waals surface area contributed by atoms with Gasteiger partial charge in [0.25, 0.3) is 6.43 Å². The highest BCUT2D eigenvalue weighted by Gasteiger charge is 2.16. The summed E-state index contributed by atoms with van der Waals surface area (Å²) in [7, 11) is 0. The summed E-state index contributed by atoms with van der Waals surface area (Å²) in [6, 6.07) is 1.46. The SMILES string of the molecule is Nc1c(Cl)cc(CBr)nc1C(F)F. The molecular formula is C7H6BrClF2N2. The summed E-state index contributed by atoms with van der Waals surface area (Å²) in [6.07, 6.45) is -2.70. The van der Waals surface area contributed by atoms with Crippen LogP contribution in [0.3, 0.4) is 0 Å². The van der Waals surface area contributed by atoms with Crippen LogP contribution in [0, 0.1) is 0 Å². The fourth-order valence-electron chi connectivity index (χ4n) is 0.828. The largest absolute Gasteiger partial charge is 0.396 e. The molecule has 0 aliphatic carbocycles. The number of rotatable bonds is 2. The molecule has 2 N–H and O–H groups in total. The Bertz CT molecular complexity index is 320. The number of nitrogen functional groups attached to an aromatic ring is 1. The van der Waals surface area contributed by atoms with Crippen LogP contribution in [0.1, 0.15) is 17.8 Å². The molecule has 1 aromatic heterocycles. The molecule has 1 heterocycles. The Balaban J connectivity index is 3.25. The van der Waals surface area contributed by atoms with Gasteiger partial charge in [-0.15, -0.1) is 0 Å². The Kier molecular flexibility index (Phi) is 3.44. The van der Waals surface area contributed by atoms with Crippen molar-refractivity contribution in [1.29, 1.82) is 0 Å². The molecule has 6 heteroatoms. The van der Waals surface area contributed by atoms with E-state index in [1.54, 1.807) is 0 Å². The summed E-state index contributed by atoms with van der Waals surface area (Å²) in [6.45, 7) is 0. The monoisotopic (exact) mass is 270 g/mol. The summed E-state index contributed by atoms with van der Waals surface area (Å²) in [5, 5.41) is 0.479. The molecule has 0 saturated carbocycles. The van der Waals surface area contributed by atoms with E-state index in [2.05, 4.69) is 20.9 Å². The van der Waals surface area contributed by atoms with Gasteiger partial charge in [-0.05, 0) is 6.07 Å². The van der Waals surface area contributed by atoms with E-state index in [9.17, 15) is 8.78 Å². The summed E-state index contributed by atoms with van der Waals surface area (Å²) < 4.78 is 24.6. The third kappa shape index (κ3) is 2.28. The van der Waals surface area contributed by atoms with Gasteiger partial charge in [0, 0.05) is 5.33 Å². The summed E-state index contributed by atoms with van der Waals surface area (Å²) >= 11 is 8.72. The normalized spacial score (nSPS) is 10.8. The molecule has 13 heavy (non-hydrogen) atoms. The van der Waals surface area contributed by atoms with Crippen molar-refractivity contribution in [2.75, 3.05) is 5.73 Å². The van der Waals surface area contributed by atoms with Crippen molar-refractivity contribution in [2.45, 2.75) is 11.8 Å². The Morgan fingerprint density at radius 1 is 1.62 bits per heavy atom. The van der Waals surface area contributed by atoms with Gasteiger partial charge in [-0.3, -0.25) is 0 Å². The third-order valence-corrected chi connectivity index (χ3v) is 2.32. The number of aromatic nitrogens is 1. The smallest absolute Gasteiger partial charge is 0.282 e. The van der Waals surface area contributed by atoms with Crippen molar-refractivity contribution in [2.24, 2.45) is 0 Å². The van der Waals surface area contributed by atoms with E-state index in [1.165, 1.54) is 6.07 Å². The predicted molar refractivity (Wildman–Crippen MR) is 51.2 cm³/mol. The van der Waals surface area contributed by atoms with Gasteiger partial charge in [-0.2, -0.15) is 0 Å². The molecule has 0 fully saturated rings. The van der Waals surface area contributed by atoms with Gasteiger partial charge in [0.05, 0.1) is 16.4 Å². The van der Waals surface area contributed by atoms with Crippen molar-refractivity contribution < 1.29 is 8.78 Å². The molecule has 0 bridgehead atoms. The quantitative estimate of drug-likeness (QED) is 0.839. The van der Waals surface area contributed by atoms with Crippen LogP contribution < -0.4 is 5.73 Å². The molecule has 0 aliphatic rings. The fourth-order valence-corrected chi connectivity index (χ4v) is 1.34. The second-order valence-corrected chi connectivity index (χ2v) is 3.30. The maximum atomic E-state index is 12.3. The van der Waals surface area contributed by atoms with Gasteiger partial charge in [0.15, 0.2) is 0 Å². The van der Waals surface area contributed by atoms with Crippen LogP contribution in [0.5, 0.6) is 0 Å². The predicted octanol–water partition coefficient (Wildman–Crippen LogP) is 3.15. The van der Waals surface area contributed by atoms with Crippen LogP contribution >= 0.6 is 27.5 Å². The average molecular weight is 271 g/mol. The molecule has 0 radical (unpaired) electrons. The van der Waals surface area contributed by atoms with Gasteiger partial charge >= 0.3 is 0 Å². The summed E-state index contributed by atoms with van der Waals surface area (Å²) in [4.78, 5) is 3.64. The lowest BCUT2D eigenvalue weighted by Gasteiger charge is -2.07. The maximum absolute atomic E-state index is 12.3. The number of nitrogens with zero attached hydrogens (tertiary/aromatic N) is 1. The minimum absolute atomic E-state index is 0.111. The first-order valence-corrected chi connectivity index (χ1v) is 4.85. The average Bonchev–Trinajstić information content (AvgIpc) is 2.09. The standard InChI is InChI=1S/C7H6BrClF2N2/c8-2-3-1-4(9)5(12)6(13-3)7(10)11/h1,7H,2,12H2. The van der Waals surface area contributed by atoms with Crippen molar-refractivity contribution in [1.82, 2.24) is 4.98 Å². The fraction of sp³-hybridized carbons (Fsp3) is 0.286. The molecule has 0 aromatic carbocycles. The van der Waals surface area contributed by atoms with E-state index in [1.807, 2.05) is 0 Å². The minimum atomic E-state index is -2.70. The Labute approximate surface area is 87.2 Å². The lowest BCUT2D eigenvalue weighted by Crippen LogP contribution is -2.01. The lowest BCUT2D eigenvalue weighted by atomic mass is 10.2. The van der Waals surface area contributed by atoms with Gasteiger partial charge in [-0.25, -0.2) is 13.8 Å². The van der Waals surface area contributed by atoms with Crippen molar-refractivity contribution in [3.63, 3.8) is 0 Å². The highest BCUT2D eigenvalue weighted by atomic mass is 79.9. The maximum Gasteiger partial charge on any atom is 0.282 e. The topological polar surface area (TPSA) is 38.9 Å². The second kappa shape index (κ2) is 4.19. The zero-order valence-corrected chi connectivity index (χ0v) is 8.74. The molecule has 0 saturated heterocycles. The molecule has 0 amide bonds. The third-order valence-electron chi connectivity index (χ3n) is 1.43. The molecule has 1 rings (SSSR count). The zero-order chi connectivity index (χ0) is 10.0. The Morgan fingerprint density at radius 3 is 2.69 bits per heavy atom. The molecule has 2 nitrogen and oxygen atoms in total.